The summed E-state index contributed by atoms with van der Waals surface area (Å²) in [6.07, 6.45) is 0. The van der Waals surface area contributed by atoms with Crippen molar-refractivity contribution in [1.29, 1.82) is 0 Å². The van der Waals surface area contributed by atoms with Crippen molar-refractivity contribution in [2.45, 2.75) is 0 Å². The van der Waals surface area contributed by atoms with E-state index in [9.17, 15) is 4.39 Å². The maximum atomic E-state index is 14.0. The Hall–Kier alpha value is -2.08. The number of halogens is 2. The fourth-order valence-corrected chi connectivity index (χ4v) is 2.48. The van der Waals surface area contributed by atoms with Crippen molar-refractivity contribution in [3.8, 4) is 17.2 Å². The molecule has 3 rings (SSSR count). The largest absolute Gasteiger partial charge is 0.496 e. The minimum atomic E-state index is -0.464. The Morgan fingerprint density at radius 3 is 2.90 bits per heavy atom. The fourth-order valence-electron chi connectivity index (χ4n) is 2.01. The second-order valence-electron chi connectivity index (χ2n) is 4.18. The van der Waals surface area contributed by atoms with Gasteiger partial charge in [-0.1, -0.05) is 22.0 Å². The van der Waals surface area contributed by atoms with Gasteiger partial charge in [-0.2, -0.15) is 0 Å². The van der Waals surface area contributed by atoms with Crippen LogP contribution in [0.3, 0.4) is 0 Å². The molecule has 0 spiro atoms. The molecule has 0 atom stereocenters. The van der Waals surface area contributed by atoms with Crippen LogP contribution >= 0.6 is 15.9 Å². The van der Waals surface area contributed by atoms with Crippen LogP contribution < -0.4 is 10.5 Å². The van der Waals surface area contributed by atoms with Gasteiger partial charge in [0.15, 0.2) is 5.58 Å². The smallest absolute Gasteiger partial charge is 0.234 e. The van der Waals surface area contributed by atoms with Gasteiger partial charge in [-0.25, -0.2) is 9.37 Å². The molecule has 0 bridgehead atoms. The lowest BCUT2D eigenvalue weighted by Crippen LogP contribution is -1.91. The predicted octanol–water partition coefficient (Wildman–Crippen LogP) is 3.99. The Kier molecular flexibility index (Phi) is 3.10. The zero-order valence-electron chi connectivity index (χ0n) is 10.5. The number of oxazole rings is 1. The van der Waals surface area contributed by atoms with E-state index < -0.39 is 5.82 Å². The zero-order valence-corrected chi connectivity index (χ0v) is 12.1. The van der Waals surface area contributed by atoms with Gasteiger partial charge in [-0.05, 0) is 24.3 Å². The monoisotopic (exact) mass is 336 g/mol. The third kappa shape index (κ3) is 2.02. The number of anilines is 1. The molecule has 102 valence electrons. The van der Waals surface area contributed by atoms with Crippen LogP contribution in [-0.4, -0.2) is 12.1 Å². The Balaban J connectivity index is 2.28. The lowest BCUT2D eigenvalue weighted by atomic mass is 10.2. The van der Waals surface area contributed by atoms with E-state index in [2.05, 4.69) is 20.9 Å². The van der Waals surface area contributed by atoms with Gasteiger partial charge in [0.1, 0.15) is 22.6 Å². The van der Waals surface area contributed by atoms with Gasteiger partial charge in [0.25, 0.3) is 0 Å². The van der Waals surface area contributed by atoms with Gasteiger partial charge in [-0.15, -0.1) is 0 Å². The van der Waals surface area contributed by atoms with E-state index in [1.54, 1.807) is 24.3 Å². The minimum absolute atomic E-state index is 0.139. The molecular weight excluding hydrogens is 327 g/mol. The summed E-state index contributed by atoms with van der Waals surface area (Å²) in [5, 5.41) is 0. The standard InChI is InChI=1S/C14H10BrFN2O2/c1-19-11-4-2-3-8(16)12(11)14-18-10-6-7(15)5-9(17)13(10)20-14/h2-6H,17H2,1H3. The molecule has 2 aromatic carbocycles. The molecule has 1 aromatic heterocycles. The first-order valence-corrected chi connectivity index (χ1v) is 6.58. The molecule has 2 N–H and O–H groups in total. The van der Waals surface area contributed by atoms with Crippen molar-refractivity contribution in [1.82, 2.24) is 4.98 Å². The van der Waals surface area contributed by atoms with Gasteiger partial charge in [0, 0.05) is 4.47 Å². The quantitative estimate of drug-likeness (QED) is 0.719. The highest BCUT2D eigenvalue weighted by molar-refractivity contribution is 9.10. The molecule has 0 fully saturated rings. The molecule has 3 aromatic rings. The Bertz CT molecular complexity index is 801. The van der Waals surface area contributed by atoms with E-state index in [1.807, 2.05) is 0 Å². The second kappa shape index (κ2) is 4.79. The van der Waals surface area contributed by atoms with Crippen LogP contribution in [0.2, 0.25) is 0 Å². The van der Waals surface area contributed by atoms with Crippen molar-refractivity contribution in [2.24, 2.45) is 0 Å². The van der Waals surface area contributed by atoms with Crippen LogP contribution in [0.4, 0.5) is 10.1 Å². The average Bonchev–Trinajstić information content (AvgIpc) is 2.81. The number of hydrogen-bond donors (Lipinski definition) is 1. The van der Waals surface area contributed by atoms with Crippen LogP contribution in [0.15, 0.2) is 39.2 Å². The number of ether oxygens (including phenoxy) is 1. The highest BCUT2D eigenvalue weighted by Crippen LogP contribution is 2.36. The summed E-state index contributed by atoms with van der Waals surface area (Å²) in [7, 11) is 1.46. The maximum absolute atomic E-state index is 14.0. The van der Waals surface area contributed by atoms with Gasteiger partial charge < -0.3 is 14.9 Å². The molecule has 20 heavy (non-hydrogen) atoms. The molecule has 0 aliphatic carbocycles. The lowest BCUT2D eigenvalue weighted by molar-refractivity contribution is 0.411. The second-order valence-corrected chi connectivity index (χ2v) is 5.10. The molecule has 0 unspecified atom stereocenters. The summed E-state index contributed by atoms with van der Waals surface area (Å²) in [5.41, 5.74) is 7.46. The number of nitrogen functional groups attached to an aromatic ring is 1. The van der Waals surface area contributed by atoms with E-state index in [-0.39, 0.29) is 11.5 Å². The van der Waals surface area contributed by atoms with Crippen LogP contribution in [-0.2, 0) is 0 Å². The van der Waals surface area contributed by atoms with Gasteiger partial charge in [-0.3, -0.25) is 0 Å². The van der Waals surface area contributed by atoms with Crippen molar-refractivity contribution < 1.29 is 13.5 Å². The summed E-state index contributed by atoms with van der Waals surface area (Å²) in [5.74, 6) is 0.0301. The van der Waals surface area contributed by atoms with E-state index >= 15 is 0 Å². The summed E-state index contributed by atoms with van der Waals surface area (Å²) in [6, 6.07) is 7.99. The highest BCUT2D eigenvalue weighted by atomic mass is 79.9. The molecule has 1 heterocycles. The number of methoxy groups -OCH3 is 1. The SMILES string of the molecule is COc1cccc(F)c1-c1nc2cc(Br)cc(N)c2o1. The number of nitrogens with two attached hydrogens (primary N) is 1. The van der Waals surface area contributed by atoms with Crippen LogP contribution in [0.5, 0.6) is 5.75 Å². The summed E-state index contributed by atoms with van der Waals surface area (Å²) < 4.78 is 25.5. The minimum Gasteiger partial charge on any atom is -0.496 e. The van der Waals surface area contributed by atoms with E-state index in [4.69, 9.17) is 14.9 Å². The summed E-state index contributed by atoms with van der Waals surface area (Å²) in [6.45, 7) is 0. The van der Waals surface area contributed by atoms with E-state index in [1.165, 1.54) is 13.2 Å². The van der Waals surface area contributed by atoms with E-state index in [0.717, 1.165) is 4.47 Å². The number of nitrogens with zero attached hydrogens (tertiary/aromatic N) is 1. The Morgan fingerprint density at radius 2 is 2.15 bits per heavy atom. The lowest BCUT2D eigenvalue weighted by Gasteiger charge is -2.05. The molecule has 0 saturated carbocycles. The molecular formula is C14H10BrFN2O2. The molecule has 0 aliphatic rings. The first-order valence-electron chi connectivity index (χ1n) is 5.78. The number of fused-ring (bicyclic) bond motifs is 1. The highest BCUT2D eigenvalue weighted by Gasteiger charge is 2.18. The number of aromatic nitrogens is 1. The molecule has 0 aliphatic heterocycles. The number of hydrogen-bond acceptors (Lipinski definition) is 4. The van der Waals surface area contributed by atoms with Crippen molar-refractivity contribution >= 4 is 32.7 Å². The summed E-state index contributed by atoms with van der Waals surface area (Å²) >= 11 is 3.33. The molecule has 0 radical (unpaired) electrons. The van der Waals surface area contributed by atoms with Gasteiger partial charge in [0.05, 0.1) is 12.8 Å². The van der Waals surface area contributed by atoms with Crippen molar-refractivity contribution in [3.63, 3.8) is 0 Å². The first kappa shape index (κ1) is 12.9. The maximum Gasteiger partial charge on any atom is 0.234 e. The van der Waals surface area contributed by atoms with E-state index in [0.29, 0.717) is 22.5 Å². The molecule has 6 heteroatoms. The van der Waals surface area contributed by atoms with Crippen molar-refractivity contribution in [2.75, 3.05) is 12.8 Å². The van der Waals surface area contributed by atoms with Crippen LogP contribution in [0.25, 0.3) is 22.6 Å². The molecule has 0 amide bonds. The fraction of sp³-hybridized carbons (Fsp3) is 0.0714. The average molecular weight is 337 g/mol. The normalized spacial score (nSPS) is 10.9. The topological polar surface area (TPSA) is 61.3 Å². The van der Waals surface area contributed by atoms with Gasteiger partial charge >= 0.3 is 0 Å². The zero-order chi connectivity index (χ0) is 14.3. The third-order valence-corrected chi connectivity index (χ3v) is 3.35. The molecule has 0 saturated heterocycles. The van der Waals surface area contributed by atoms with Crippen LogP contribution in [0, 0.1) is 5.82 Å². The Labute approximate surface area is 122 Å². The molecule has 4 nitrogen and oxygen atoms in total. The van der Waals surface area contributed by atoms with Gasteiger partial charge in [0.2, 0.25) is 5.89 Å². The van der Waals surface area contributed by atoms with Crippen LogP contribution in [0.1, 0.15) is 0 Å². The summed E-state index contributed by atoms with van der Waals surface area (Å²) in [4.78, 5) is 4.28. The first-order chi connectivity index (χ1) is 9.60. The third-order valence-electron chi connectivity index (χ3n) is 2.89. The number of rotatable bonds is 2. The number of benzene rings is 2. The predicted molar refractivity (Wildman–Crippen MR) is 78.1 cm³/mol. The Morgan fingerprint density at radius 1 is 1.35 bits per heavy atom. The van der Waals surface area contributed by atoms with Crippen molar-refractivity contribution in [3.05, 3.63) is 40.6 Å².